The van der Waals surface area contributed by atoms with Gasteiger partial charge in [-0.25, -0.2) is 9.67 Å². The largest absolute Gasteiger partial charge is 0.417 e. The lowest BCUT2D eigenvalue weighted by Gasteiger charge is -2.38. The second-order valence-corrected chi connectivity index (χ2v) is 7.88. The fourth-order valence-electron chi connectivity index (χ4n) is 3.36. The Hall–Kier alpha value is -2.33. The molecule has 0 radical (unpaired) electrons. The molecule has 30 heavy (non-hydrogen) atoms. The molecule has 164 valence electrons. The molecule has 7 nitrogen and oxygen atoms in total. The van der Waals surface area contributed by atoms with Gasteiger partial charge in [0.05, 0.1) is 22.8 Å². The van der Waals surface area contributed by atoms with Crippen molar-refractivity contribution in [1.82, 2.24) is 19.7 Å². The minimum atomic E-state index is -4.48. The number of amides is 1. The summed E-state index contributed by atoms with van der Waals surface area (Å²) >= 11 is 6.05. The molecule has 1 atom stereocenters. The summed E-state index contributed by atoms with van der Waals surface area (Å²) in [6.07, 6.45) is -2.05. The predicted octanol–water partition coefficient (Wildman–Crippen LogP) is 3.68. The SMILES string of the molecule is CC(C)n1nccc1NC(=O)[C@@H](C)N1CCN(c2ncc(C(F)(F)F)cc2Cl)CC1. The zero-order valence-electron chi connectivity index (χ0n) is 16.9. The quantitative estimate of drug-likeness (QED) is 0.762. The summed E-state index contributed by atoms with van der Waals surface area (Å²) in [5, 5.41) is 7.08. The normalized spacial score (nSPS) is 16.7. The third kappa shape index (κ3) is 4.86. The molecule has 1 amide bonds. The van der Waals surface area contributed by atoms with Gasteiger partial charge in [0.1, 0.15) is 11.6 Å². The molecule has 1 N–H and O–H groups in total. The molecule has 2 aromatic rings. The number of nitrogens with zero attached hydrogens (tertiary/aromatic N) is 5. The number of hydrogen-bond donors (Lipinski definition) is 1. The first-order valence-electron chi connectivity index (χ1n) is 9.64. The fraction of sp³-hybridized carbons (Fsp3) is 0.526. The van der Waals surface area contributed by atoms with Crippen molar-refractivity contribution in [3.05, 3.63) is 35.1 Å². The molecule has 0 unspecified atom stereocenters. The highest BCUT2D eigenvalue weighted by Crippen LogP contribution is 2.33. The first-order valence-corrected chi connectivity index (χ1v) is 10.0. The summed E-state index contributed by atoms with van der Waals surface area (Å²) < 4.78 is 40.1. The Morgan fingerprint density at radius 1 is 1.20 bits per heavy atom. The number of anilines is 2. The van der Waals surface area contributed by atoms with Gasteiger partial charge in [0, 0.05) is 44.5 Å². The van der Waals surface area contributed by atoms with Crippen LogP contribution in [0.2, 0.25) is 5.02 Å². The number of rotatable bonds is 5. The number of nitrogens with one attached hydrogen (secondary N) is 1. The average Bonchev–Trinajstić information content (AvgIpc) is 3.15. The van der Waals surface area contributed by atoms with E-state index >= 15 is 0 Å². The van der Waals surface area contributed by atoms with Crippen molar-refractivity contribution in [3.63, 3.8) is 0 Å². The standard InChI is InChI=1S/C19H24ClF3N6O/c1-12(2)29-16(4-5-25-29)26-18(30)13(3)27-6-8-28(9-7-27)17-15(20)10-14(11-24-17)19(21,22)23/h4-5,10-13H,6-9H2,1-3H3,(H,26,30)/t13-/m1/s1. The predicted molar refractivity (Wildman–Crippen MR) is 109 cm³/mol. The van der Waals surface area contributed by atoms with E-state index in [2.05, 4.69) is 15.4 Å². The minimum absolute atomic E-state index is 0.0361. The molecular weight excluding hydrogens is 421 g/mol. The molecule has 2 aromatic heterocycles. The number of hydrogen-bond acceptors (Lipinski definition) is 5. The second-order valence-electron chi connectivity index (χ2n) is 7.47. The number of aromatic nitrogens is 3. The van der Waals surface area contributed by atoms with Crippen molar-refractivity contribution in [1.29, 1.82) is 0 Å². The van der Waals surface area contributed by atoms with E-state index < -0.39 is 11.7 Å². The summed E-state index contributed by atoms with van der Waals surface area (Å²) in [5.41, 5.74) is -0.874. The lowest BCUT2D eigenvalue weighted by molar-refractivity contribution is -0.137. The van der Waals surface area contributed by atoms with Crippen LogP contribution in [0.15, 0.2) is 24.5 Å². The monoisotopic (exact) mass is 444 g/mol. The maximum Gasteiger partial charge on any atom is 0.417 e. The molecule has 3 rings (SSSR count). The van der Waals surface area contributed by atoms with Gasteiger partial charge in [-0.1, -0.05) is 11.6 Å². The smallest absolute Gasteiger partial charge is 0.353 e. The van der Waals surface area contributed by atoms with Gasteiger partial charge in [-0.05, 0) is 26.8 Å². The topological polar surface area (TPSA) is 66.3 Å². The first-order chi connectivity index (χ1) is 14.1. The Labute approximate surface area is 177 Å². The number of piperazine rings is 1. The highest BCUT2D eigenvalue weighted by atomic mass is 35.5. The van der Waals surface area contributed by atoms with E-state index in [0.717, 1.165) is 12.3 Å². The van der Waals surface area contributed by atoms with Crippen molar-refractivity contribution < 1.29 is 18.0 Å². The molecule has 0 spiro atoms. The molecule has 3 heterocycles. The lowest BCUT2D eigenvalue weighted by atomic mass is 10.2. The molecule has 1 fully saturated rings. The van der Waals surface area contributed by atoms with Crippen molar-refractivity contribution in [2.24, 2.45) is 0 Å². The molecule has 0 bridgehead atoms. The van der Waals surface area contributed by atoms with Crippen LogP contribution in [0.5, 0.6) is 0 Å². The Kier molecular flexibility index (Phi) is 6.56. The van der Waals surface area contributed by atoms with E-state index in [0.29, 0.717) is 37.8 Å². The fourth-order valence-corrected chi connectivity index (χ4v) is 3.65. The molecule has 0 saturated carbocycles. The Bertz CT molecular complexity index is 893. The van der Waals surface area contributed by atoms with Crippen molar-refractivity contribution in [2.45, 2.75) is 39.0 Å². The number of carbonyl (C=O) groups is 1. The third-order valence-corrected chi connectivity index (χ3v) is 5.38. The van der Waals surface area contributed by atoms with Crippen LogP contribution < -0.4 is 10.2 Å². The van der Waals surface area contributed by atoms with E-state index in [1.165, 1.54) is 0 Å². The van der Waals surface area contributed by atoms with E-state index in [-0.39, 0.29) is 23.0 Å². The summed E-state index contributed by atoms with van der Waals surface area (Å²) in [5.74, 6) is 0.819. The van der Waals surface area contributed by atoms with Crippen LogP contribution in [0.4, 0.5) is 24.8 Å². The van der Waals surface area contributed by atoms with Crippen LogP contribution in [-0.2, 0) is 11.0 Å². The zero-order valence-corrected chi connectivity index (χ0v) is 17.7. The summed E-state index contributed by atoms with van der Waals surface area (Å²) in [6.45, 7) is 7.88. The van der Waals surface area contributed by atoms with E-state index in [9.17, 15) is 18.0 Å². The van der Waals surface area contributed by atoms with E-state index in [1.807, 2.05) is 30.6 Å². The third-order valence-electron chi connectivity index (χ3n) is 5.10. The van der Waals surface area contributed by atoms with Crippen LogP contribution in [-0.4, -0.2) is 57.8 Å². The Morgan fingerprint density at radius 3 is 2.43 bits per heavy atom. The van der Waals surface area contributed by atoms with Gasteiger partial charge in [-0.2, -0.15) is 18.3 Å². The van der Waals surface area contributed by atoms with Gasteiger partial charge in [0.15, 0.2) is 0 Å². The lowest BCUT2D eigenvalue weighted by Crippen LogP contribution is -2.53. The van der Waals surface area contributed by atoms with Crippen LogP contribution in [0.25, 0.3) is 0 Å². The van der Waals surface area contributed by atoms with Crippen LogP contribution >= 0.6 is 11.6 Å². The highest BCUT2D eigenvalue weighted by molar-refractivity contribution is 6.33. The summed E-state index contributed by atoms with van der Waals surface area (Å²) in [7, 11) is 0. The van der Waals surface area contributed by atoms with Gasteiger partial charge in [-0.15, -0.1) is 0 Å². The van der Waals surface area contributed by atoms with Crippen molar-refractivity contribution >= 4 is 29.1 Å². The van der Waals surface area contributed by atoms with Gasteiger partial charge in [-0.3, -0.25) is 9.69 Å². The second kappa shape index (κ2) is 8.81. The summed E-state index contributed by atoms with van der Waals surface area (Å²) in [6, 6.07) is 2.39. The average molecular weight is 445 g/mol. The van der Waals surface area contributed by atoms with Crippen LogP contribution in [0.3, 0.4) is 0 Å². The maximum absolute atomic E-state index is 12.8. The van der Waals surface area contributed by atoms with Crippen molar-refractivity contribution in [2.75, 3.05) is 36.4 Å². The number of alkyl halides is 3. The van der Waals surface area contributed by atoms with Gasteiger partial charge < -0.3 is 10.2 Å². The number of carbonyl (C=O) groups excluding carboxylic acids is 1. The van der Waals surface area contributed by atoms with Gasteiger partial charge in [0.25, 0.3) is 0 Å². The first kappa shape index (κ1) is 22.4. The minimum Gasteiger partial charge on any atom is -0.353 e. The number of halogens is 4. The maximum atomic E-state index is 12.8. The Balaban J connectivity index is 1.60. The molecular formula is C19H24ClF3N6O. The van der Waals surface area contributed by atoms with Gasteiger partial charge in [0.2, 0.25) is 5.91 Å². The molecule has 11 heteroatoms. The van der Waals surface area contributed by atoms with Crippen molar-refractivity contribution in [3.8, 4) is 0 Å². The number of pyridine rings is 1. The molecule has 1 saturated heterocycles. The Morgan fingerprint density at radius 2 is 1.87 bits per heavy atom. The molecule has 0 aromatic carbocycles. The van der Waals surface area contributed by atoms with Crippen LogP contribution in [0.1, 0.15) is 32.4 Å². The zero-order chi connectivity index (χ0) is 22.1. The highest BCUT2D eigenvalue weighted by Gasteiger charge is 2.33. The van der Waals surface area contributed by atoms with Gasteiger partial charge >= 0.3 is 6.18 Å². The molecule has 1 aliphatic heterocycles. The van der Waals surface area contributed by atoms with E-state index in [4.69, 9.17) is 11.6 Å². The molecule has 0 aliphatic carbocycles. The van der Waals surface area contributed by atoms with Crippen LogP contribution in [0, 0.1) is 0 Å². The van der Waals surface area contributed by atoms with E-state index in [1.54, 1.807) is 16.9 Å². The molecule has 1 aliphatic rings. The summed E-state index contributed by atoms with van der Waals surface area (Å²) in [4.78, 5) is 20.4.